The van der Waals surface area contributed by atoms with Gasteiger partial charge in [-0.3, -0.25) is 14.4 Å². The molecule has 246 valence electrons. The van der Waals surface area contributed by atoms with Crippen molar-refractivity contribution < 1.29 is 14.4 Å². The highest BCUT2D eigenvalue weighted by atomic mass is 32.2. The zero-order valence-corrected chi connectivity index (χ0v) is 30.8. The fourth-order valence-corrected chi connectivity index (χ4v) is 14.7. The van der Waals surface area contributed by atoms with E-state index in [1.54, 1.807) is 0 Å². The molecule has 5 rings (SSSR count). The molecular formula is C40H53O3S3+3. The highest BCUT2D eigenvalue weighted by Gasteiger charge is 2.49. The van der Waals surface area contributed by atoms with Gasteiger partial charge in [0.2, 0.25) is 11.6 Å². The Kier molecular flexibility index (Phi) is 12.6. The predicted molar refractivity (Wildman–Crippen MR) is 203 cm³/mol. The van der Waals surface area contributed by atoms with Gasteiger partial charge < -0.3 is 0 Å². The molecule has 2 aromatic carbocycles. The van der Waals surface area contributed by atoms with Crippen LogP contribution in [0.4, 0.5) is 0 Å². The Labute approximate surface area is 286 Å². The average molecular weight is 678 g/mol. The van der Waals surface area contributed by atoms with E-state index in [4.69, 9.17) is 0 Å². The molecule has 2 fully saturated rings. The lowest BCUT2D eigenvalue weighted by Crippen LogP contribution is -2.45. The van der Waals surface area contributed by atoms with Crippen molar-refractivity contribution >= 4 is 50.0 Å². The van der Waals surface area contributed by atoms with E-state index >= 15 is 0 Å². The summed E-state index contributed by atoms with van der Waals surface area (Å²) in [5.74, 6) is 6.70. The van der Waals surface area contributed by atoms with Crippen LogP contribution in [0.3, 0.4) is 0 Å². The van der Waals surface area contributed by atoms with Crippen molar-refractivity contribution in [3.63, 3.8) is 0 Å². The summed E-state index contributed by atoms with van der Waals surface area (Å²) in [7, 11) is 0.274. The summed E-state index contributed by atoms with van der Waals surface area (Å²) in [6.07, 6.45) is 14.4. The van der Waals surface area contributed by atoms with Gasteiger partial charge in [-0.1, -0.05) is 72.8 Å². The van der Waals surface area contributed by atoms with E-state index in [2.05, 4.69) is 58.1 Å². The number of hydrogen-bond donors (Lipinski definition) is 0. The third-order valence-electron chi connectivity index (χ3n) is 10.2. The third-order valence-corrected chi connectivity index (χ3v) is 18.9. The summed E-state index contributed by atoms with van der Waals surface area (Å²) in [6, 6.07) is 18.0. The van der Waals surface area contributed by atoms with Crippen molar-refractivity contribution in [2.75, 3.05) is 34.5 Å². The number of carbonyl (C=O) groups excluding carboxylic acids is 3. The fraction of sp³-hybridized carbons (Fsp3) is 0.525. The van der Waals surface area contributed by atoms with Gasteiger partial charge in [0.15, 0.2) is 22.0 Å². The van der Waals surface area contributed by atoms with Crippen LogP contribution in [0.2, 0.25) is 0 Å². The standard InChI is InChI=1S/C40H53O3S3/c1-5-44(28-36(41)32-13-7-6-8-14-32)30(2)18-19-31-20-22-33(23-21-31)37(42)29-45-24-12-17-38(45)34-15-11-16-35(27-34)39(43)40(3,4)46-25-9-10-26-46/h6-8,11,13-15,20-23,27,30,35,38H,5,9-10,12,16-19,24-26,28-29H2,1-4H3/q+3. The first-order valence-electron chi connectivity index (χ1n) is 17.3. The maximum Gasteiger partial charge on any atom is 0.211 e. The van der Waals surface area contributed by atoms with Crippen LogP contribution in [-0.4, -0.2) is 67.1 Å². The number of aryl methyl sites for hydroxylation is 1. The lowest BCUT2D eigenvalue weighted by Gasteiger charge is -2.27. The molecule has 0 radical (unpaired) electrons. The van der Waals surface area contributed by atoms with Gasteiger partial charge in [0.25, 0.3) is 0 Å². The second kappa shape index (κ2) is 16.4. The average Bonchev–Trinajstić information content (AvgIpc) is 3.80. The van der Waals surface area contributed by atoms with Crippen LogP contribution in [0.5, 0.6) is 0 Å². The van der Waals surface area contributed by atoms with E-state index in [0.717, 1.165) is 54.7 Å². The number of Topliss-reactive ketones (excluding diaryl/α,β-unsaturated/α-hetero) is 3. The monoisotopic (exact) mass is 677 g/mol. The SMILES string of the molecule is CC[S+](CC(=O)c1ccccc1)C(C)CCc1ccc(C(=O)C[S+]2CCCC2C2=CC(C(=O)C(C)(C)[S+]3CCCC3)CC=C2)cc1. The van der Waals surface area contributed by atoms with E-state index in [0.29, 0.717) is 27.8 Å². The highest BCUT2D eigenvalue weighted by molar-refractivity contribution is 7.99. The Morgan fingerprint density at radius 2 is 1.61 bits per heavy atom. The van der Waals surface area contributed by atoms with E-state index in [1.807, 2.05) is 42.5 Å². The number of carbonyl (C=O) groups is 3. The molecular weight excluding hydrogens is 625 g/mol. The van der Waals surface area contributed by atoms with Gasteiger partial charge in [-0.05, 0) is 82.7 Å². The molecule has 0 amide bonds. The summed E-state index contributed by atoms with van der Waals surface area (Å²) < 4.78 is -0.231. The summed E-state index contributed by atoms with van der Waals surface area (Å²) in [6.45, 7) is 8.87. The van der Waals surface area contributed by atoms with Crippen molar-refractivity contribution in [2.24, 2.45) is 5.92 Å². The summed E-state index contributed by atoms with van der Waals surface area (Å²) in [4.78, 5) is 40.0. The Morgan fingerprint density at radius 3 is 2.30 bits per heavy atom. The first-order chi connectivity index (χ1) is 22.2. The molecule has 5 unspecified atom stereocenters. The van der Waals surface area contributed by atoms with Crippen LogP contribution in [0.15, 0.2) is 78.4 Å². The Bertz CT molecular complexity index is 1400. The van der Waals surface area contributed by atoms with Crippen LogP contribution in [0, 0.1) is 5.92 Å². The van der Waals surface area contributed by atoms with Gasteiger partial charge in [-0.15, -0.1) is 0 Å². The molecule has 0 aromatic heterocycles. The summed E-state index contributed by atoms with van der Waals surface area (Å²) in [5, 5.41) is 0.876. The molecule has 3 aliphatic rings. The largest absolute Gasteiger partial charge is 0.293 e. The number of rotatable bonds is 15. The Balaban J connectivity index is 1.14. The zero-order chi connectivity index (χ0) is 32.7. The van der Waals surface area contributed by atoms with Crippen molar-refractivity contribution in [1.29, 1.82) is 0 Å². The fourth-order valence-electron chi connectivity index (χ4n) is 7.20. The molecule has 1 aliphatic carbocycles. The second-order valence-electron chi connectivity index (χ2n) is 13.6. The van der Waals surface area contributed by atoms with E-state index in [9.17, 15) is 14.4 Å². The summed E-state index contributed by atoms with van der Waals surface area (Å²) in [5.41, 5.74) is 4.20. The molecule has 0 spiro atoms. The molecule has 0 N–H and O–H groups in total. The Morgan fingerprint density at radius 1 is 0.913 bits per heavy atom. The minimum Gasteiger partial charge on any atom is -0.293 e. The molecule has 2 aliphatic heterocycles. The number of benzene rings is 2. The quantitative estimate of drug-likeness (QED) is 0.143. The molecule has 2 saturated heterocycles. The predicted octanol–water partition coefficient (Wildman–Crippen LogP) is 7.75. The lowest BCUT2D eigenvalue weighted by atomic mass is 9.86. The number of ketones is 3. The van der Waals surface area contributed by atoms with Gasteiger partial charge >= 0.3 is 0 Å². The van der Waals surface area contributed by atoms with Crippen LogP contribution >= 0.6 is 0 Å². The molecule has 0 saturated carbocycles. The lowest BCUT2D eigenvalue weighted by molar-refractivity contribution is -0.123. The van der Waals surface area contributed by atoms with Crippen molar-refractivity contribution in [3.05, 3.63) is 95.1 Å². The smallest absolute Gasteiger partial charge is 0.211 e. The minimum absolute atomic E-state index is 0.00980. The van der Waals surface area contributed by atoms with Crippen LogP contribution in [-0.2, 0) is 43.9 Å². The highest BCUT2D eigenvalue weighted by Crippen LogP contribution is 2.36. The van der Waals surface area contributed by atoms with E-state index in [-0.39, 0.29) is 54.9 Å². The van der Waals surface area contributed by atoms with Crippen LogP contribution < -0.4 is 0 Å². The van der Waals surface area contributed by atoms with Gasteiger partial charge in [-0.25, -0.2) is 0 Å². The third kappa shape index (κ3) is 8.71. The van der Waals surface area contributed by atoms with Gasteiger partial charge in [-0.2, -0.15) is 0 Å². The molecule has 0 bridgehead atoms. The maximum absolute atomic E-state index is 13.7. The second-order valence-corrected chi connectivity index (χ2v) is 21.5. The van der Waals surface area contributed by atoms with Gasteiger partial charge in [0.1, 0.15) is 33.5 Å². The zero-order valence-electron chi connectivity index (χ0n) is 28.3. The van der Waals surface area contributed by atoms with Crippen molar-refractivity contribution in [1.82, 2.24) is 0 Å². The normalized spacial score (nSPS) is 23.2. The van der Waals surface area contributed by atoms with Gasteiger partial charge in [0.05, 0.1) is 0 Å². The van der Waals surface area contributed by atoms with E-state index < -0.39 is 0 Å². The molecule has 6 heteroatoms. The van der Waals surface area contributed by atoms with E-state index in [1.165, 1.54) is 35.5 Å². The van der Waals surface area contributed by atoms with Gasteiger partial charge in [0, 0.05) is 50.8 Å². The van der Waals surface area contributed by atoms with Crippen LogP contribution in [0.1, 0.15) is 92.5 Å². The number of hydrogen-bond acceptors (Lipinski definition) is 3. The first kappa shape index (κ1) is 35.3. The Hall–Kier alpha value is -2.02. The molecule has 46 heavy (non-hydrogen) atoms. The van der Waals surface area contributed by atoms with Crippen LogP contribution in [0.25, 0.3) is 0 Å². The minimum atomic E-state index is -0.231. The number of allylic oxidation sites excluding steroid dienone is 3. The topological polar surface area (TPSA) is 51.2 Å². The molecule has 3 nitrogen and oxygen atoms in total. The molecule has 5 atom stereocenters. The first-order valence-corrected chi connectivity index (χ1v) is 22.1. The van der Waals surface area contributed by atoms with Crippen molar-refractivity contribution in [3.8, 4) is 0 Å². The maximum atomic E-state index is 13.7. The molecule has 2 heterocycles. The summed E-state index contributed by atoms with van der Waals surface area (Å²) >= 11 is 0. The molecule has 2 aromatic rings. The van der Waals surface area contributed by atoms with Crippen molar-refractivity contribution in [2.45, 2.75) is 87.9 Å².